The third-order valence-corrected chi connectivity index (χ3v) is 1.35. The molecule has 1 aromatic heterocycles. The van der Waals surface area contributed by atoms with Gasteiger partial charge >= 0.3 is 0 Å². The number of pyridine rings is 1. The van der Waals surface area contributed by atoms with Gasteiger partial charge in [-0.05, 0) is 17.5 Å². The summed E-state index contributed by atoms with van der Waals surface area (Å²) in [4.78, 5) is 4.01. The molecule has 0 aromatic carbocycles. The fraction of sp³-hybridized carbons (Fsp3) is 0.444. The highest BCUT2D eigenvalue weighted by molar-refractivity contribution is 5.12. The summed E-state index contributed by atoms with van der Waals surface area (Å²) in [5, 5.41) is 0. The third-order valence-electron chi connectivity index (χ3n) is 1.35. The first-order valence-corrected chi connectivity index (χ1v) is 3.20. The van der Waals surface area contributed by atoms with Gasteiger partial charge < -0.3 is 0 Å². The Bertz CT molecular complexity index is 172. The summed E-state index contributed by atoms with van der Waals surface area (Å²) in [6.07, 6.45) is 3.70. The van der Waals surface area contributed by atoms with Crippen molar-refractivity contribution in [2.24, 2.45) is 0 Å². The lowest BCUT2D eigenvalue weighted by molar-refractivity contribution is 0.858. The van der Waals surface area contributed by atoms with E-state index in [0.717, 1.165) is 0 Å². The van der Waals surface area contributed by atoms with E-state index in [1.165, 1.54) is 13.0 Å². The summed E-state index contributed by atoms with van der Waals surface area (Å²) in [7, 11) is 1.25. The van der Waals surface area contributed by atoms with E-state index in [2.05, 4.69) is 24.9 Å². The van der Waals surface area contributed by atoms with Gasteiger partial charge in [0.15, 0.2) is 0 Å². The first-order chi connectivity index (χ1) is 5.30. The van der Waals surface area contributed by atoms with Gasteiger partial charge in [-0.25, -0.2) is 0 Å². The van der Waals surface area contributed by atoms with Crippen LogP contribution in [0.4, 0.5) is 0 Å². The van der Waals surface area contributed by atoms with Crippen LogP contribution < -0.4 is 0 Å². The number of hydrogen-bond acceptors (Lipinski definition) is 1. The highest BCUT2D eigenvalue weighted by Gasteiger charge is 1.94. The van der Waals surface area contributed by atoms with Crippen LogP contribution in [0.2, 0.25) is 0 Å². The molecule has 0 spiro atoms. The third kappa shape index (κ3) is 2.18. The lowest BCUT2D eigenvalue weighted by Gasteiger charge is -2.00. The van der Waals surface area contributed by atoms with Gasteiger partial charge in [0, 0.05) is 13.8 Å². The van der Waals surface area contributed by atoms with Crippen LogP contribution >= 0.6 is 0 Å². The Kier molecular flexibility index (Phi) is 2.94. The number of nitrogens with zero attached hydrogens (tertiary/aromatic N) is 1. The molecule has 0 aliphatic carbocycles. The Labute approximate surface area is 64.5 Å². The van der Waals surface area contributed by atoms with Gasteiger partial charge in [0.25, 0.3) is 0 Å². The van der Waals surface area contributed by atoms with Crippen LogP contribution in [0.3, 0.4) is 0 Å². The van der Waals surface area contributed by atoms with E-state index in [0.29, 0.717) is 5.92 Å². The van der Waals surface area contributed by atoms with Crippen LogP contribution in [0.25, 0.3) is 0 Å². The van der Waals surface area contributed by atoms with Crippen molar-refractivity contribution in [3.63, 3.8) is 0 Å². The predicted octanol–water partition coefficient (Wildman–Crippen LogP) is 2.84. The minimum absolute atomic E-state index is 0.596. The van der Waals surface area contributed by atoms with Gasteiger partial charge in [-0.2, -0.15) is 0 Å². The first-order valence-electron chi connectivity index (χ1n) is 4.20. The largest absolute Gasteiger partial charge is 0.264 e. The Hall–Kier alpha value is -0.850. The van der Waals surface area contributed by atoms with Gasteiger partial charge in [0.2, 0.25) is 0 Å². The number of hydrogen-bond donors (Lipinski definition) is 0. The summed E-state index contributed by atoms with van der Waals surface area (Å²) in [6.45, 7) is 4.33. The van der Waals surface area contributed by atoms with E-state index in [-0.39, 0.29) is 0 Å². The van der Waals surface area contributed by atoms with Gasteiger partial charge in [-0.1, -0.05) is 27.3 Å². The normalized spacial score (nSPS) is 9.80. The molecule has 1 rings (SSSR count). The van der Waals surface area contributed by atoms with Crippen molar-refractivity contribution < 1.29 is 1.37 Å². The van der Waals surface area contributed by atoms with E-state index in [1.807, 2.05) is 12.3 Å². The van der Waals surface area contributed by atoms with Crippen LogP contribution in [0, 0.1) is 0 Å². The molecule has 10 heavy (non-hydrogen) atoms. The molecule has 0 saturated heterocycles. The average molecular weight is 139 g/mol. The van der Waals surface area contributed by atoms with Crippen molar-refractivity contribution in [1.29, 1.82) is 0 Å². The molecular weight excluding hydrogens is 122 g/mol. The number of rotatable bonds is 1. The molecule has 1 heterocycles. The Morgan fingerprint density at radius 3 is 2.60 bits per heavy atom. The second kappa shape index (κ2) is 4.04. The second-order valence-electron chi connectivity index (χ2n) is 2.44. The van der Waals surface area contributed by atoms with Gasteiger partial charge in [-0.15, -0.1) is 0 Å². The molecule has 0 fully saturated rings. The molecule has 0 unspecified atom stereocenters. The van der Waals surface area contributed by atoms with Crippen LogP contribution in [0.5, 0.6) is 0 Å². The van der Waals surface area contributed by atoms with E-state index in [9.17, 15) is 0 Å². The molecule has 0 aliphatic heterocycles. The van der Waals surface area contributed by atoms with E-state index >= 15 is 0 Å². The van der Waals surface area contributed by atoms with Crippen molar-refractivity contribution in [2.45, 2.75) is 27.2 Å². The minimum atomic E-state index is 0.596. The highest BCUT2D eigenvalue weighted by Crippen LogP contribution is 2.10. The van der Waals surface area contributed by atoms with E-state index in [4.69, 9.17) is 1.37 Å². The molecule has 1 aromatic rings. The zero-order valence-corrected chi connectivity index (χ0v) is 6.83. The van der Waals surface area contributed by atoms with Gasteiger partial charge in [-0.3, -0.25) is 4.98 Å². The molecule has 0 radical (unpaired) electrons. The molecule has 56 valence electrons. The standard InChI is InChI=1S/C8H11N.CH4/c1-7(2)8-4-3-5-9-6-8;/h3-7H,1-2H3;1H4/i;1T. The minimum Gasteiger partial charge on any atom is -0.264 e. The van der Waals surface area contributed by atoms with Gasteiger partial charge in [0.05, 0.1) is 0 Å². The van der Waals surface area contributed by atoms with Crippen LogP contribution in [-0.2, 0) is 0 Å². The molecule has 1 heteroatoms. The molecular formula is C9H15N. The molecule has 1 nitrogen and oxygen atoms in total. The molecule has 0 N–H and O–H groups in total. The molecule has 0 bridgehead atoms. The number of aromatic nitrogens is 1. The van der Waals surface area contributed by atoms with Gasteiger partial charge in [0.1, 0.15) is 0 Å². The lowest BCUT2D eigenvalue weighted by atomic mass is 10.1. The first kappa shape index (κ1) is 7.26. The van der Waals surface area contributed by atoms with Crippen LogP contribution in [-0.4, -0.2) is 4.98 Å². The highest BCUT2D eigenvalue weighted by atomic mass is 14.6. The van der Waals surface area contributed by atoms with Crippen molar-refractivity contribution in [1.82, 2.24) is 4.98 Å². The maximum Gasteiger partial charge on any atom is 0.0302 e. The Balaban J connectivity index is 0.000000461. The van der Waals surface area contributed by atoms with Crippen molar-refractivity contribution >= 4 is 0 Å². The van der Waals surface area contributed by atoms with Crippen molar-refractivity contribution in [3.05, 3.63) is 30.1 Å². The maximum absolute atomic E-state index is 5.75. The summed E-state index contributed by atoms with van der Waals surface area (Å²) < 4.78 is 5.75. The summed E-state index contributed by atoms with van der Waals surface area (Å²) >= 11 is 0. The quantitative estimate of drug-likeness (QED) is 0.583. The van der Waals surface area contributed by atoms with E-state index < -0.39 is 0 Å². The Morgan fingerprint density at radius 2 is 2.30 bits per heavy atom. The molecule has 0 amide bonds. The van der Waals surface area contributed by atoms with Crippen LogP contribution in [0.1, 0.15) is 34.1 Å². The van der Waals surface area contributed by atoms with Crippen molar-refractivity contribution in [3.8, 4) is 0 Å². The smallest absolute Gasteiger partial charge is 0.0302 e. The Morgan fingerprint density at radius 1 is 1.60 bits per heavy atom. The van der Waals surface area contributed by atoms with Crippen LogP contribution in [0.15, 0.2) is 24.5 Å². The predicted molar refractivity (Wildman–Crippen MR) is 45.1 cm³/mol. The second-order valence-corrected chi connectivity index (χ2v) is 2.44. The SMILES string of the molecule is CC(C)c1cccnc1.[3H]C. The fourth-order valence-corrected chi connectivity index (χ4v) is 0.717. The van der Waals surface area contributed by atoms with Crippen molar-refractivity contribution in [2.75, 3.05) is 0 Å². The molecule has 0 saturated carbocycles. The summed E-state index contributed by atoms with van der Waals surface area (Å²) in [6, 6.07) is 4.06. The summed E-state index contributed by atoms with van der Waals surface area (Å²) in [5.41, 5.74) is 1.30. The van der Waals surface area contributed by atoms with E-state index in [1.54, 1.807) is 6.20 Å². The average Bonchev–Trinajstić information content (AvgIpc) is 2.10. The maximum atomic E-state index is 5.75. The lowest BCUT2D eigenvalue weighted by Crippen LogP contribution is -1.85. The molecule has 0 atom stereocenters. The zero-order valence-electron chi connectivity index (χ0n) is 7.83. The monoisotopic (exact) mass is 139 g/mol. The topological polar surface area (TPSA) is 12.9 Å². The zero-order chi connectivity index (χ0) is 8.69. The summed E-state index contributed by atoms with van der Waals surface area (Å²) in [5.74, 6) is 0.596. The fourth-order valence-electron chi connectivity index (χ4n) is 0.717. The molecule has 0 aliphatic rings.